The minimum Gasteiger partial charge on any atom is -0.507 e. The van der Waals surface area contributed by atoms with E-state index in [1.807, 2.05) is 0 Å². The standard InChI is InChI=1S/C28H23N7O10/c36-23-4-2-1-3-19(23)27(40)31-32-28(41)20(30-26(39)10-6-16-5-9-24(37)25(38)11-16)12-17-14-33(15-29-17)21-8-7-18(34(42)43)13-22(21)35(44)45/h1-11,13-15,20,36-38H,12H2,(H,30,39)(H,31,40)(H,32,41)/b10-6+/t20-/m0/s1. The summed E-state index contributed by atoms with van der Waals surface area (Å²) in [7, 11) is 0. The van der Waals surface area contributed by atoms with Gasteiger partial charge in [0.2, 0.25) is 5.91 Å². The number of hydrogen-bond donors (Lipinski definition) is 6. The van der Waals surface area contributed by atoms with Crippen LogP contribution in [0.5, 0.6) is 17.2 Å². The molecule has 4 aromatic rings. The van der Waals surface area contributed by atoms with Gasteiger partial charge in [-0.1, -0.05) is 18.2 Å². The number of hydrazine groups is 1. The van der Waals surface area contributed by atoms with Crippen LogP contribution in [0.4, 0.5) is 11.4 Å². The number of imidazole rings is 1. The highest BCUT2D eigenvalue weighted by atomic mass is 16.6. The summed E-state index contributed by atoms with van der Waals surface area (Å²) in [4.78, 5) is 63.5. The number of phenols is 3. The minimum atomic E-state index is -1.38. The number of aromatic nitrogens is 2. The van der Waals surface area contributed by atoms with Crippen LogP contribution in [-0.4, -0.2) is 58.5 Å². The Morgan fingerprint density at radius 2 is 1.67 bits per heavy atom. The van der Waals surface area contributed by atoms with Crippen LogP contribution in [0, 0.1) is 20.2 Å². The molecule has 17 heteroatoms. The molecule has 0 saturated heterocycles. The van der Waals surface area contributed by atoms with Crippen molar-refractivity contribution in [1.82, 2.24) is 25.7 Å². The lowest BCUT2D eigenvalue weighted by Crippen LogP contribution is -2.53. The van der Waals surface area contributed by atoms with Gasteiger partial charge in [-0.3, -0.25) is 50.0 Å². The quantitative estimate of drug-likeness (QED) is 0.0649. The van der Waals surface area contributed by atoms with Crippen molar-refractivity contribution in [2.24, 2.45) is 0 Å². The Kier molecular flexibility index (Phi) is 9.32. The predicted octanol–water partition coefficient (Wildman–Crippen LogP) is 2.01. The highest BCUT2D eigenvalue weighted by molar-refractivity contribution is 5.99. The van der Waals surface area contributed by atoms with Crippen molar-refractivity contribution in [2.75, 3.05) is 0 Å². The first-order valence-electron chi connectivity index (χ1n) is 12.8. The highest BCUT2D eigenvalue weighted by Crippen LogP contribution is 2.28. The van der Waals surface area contributed by atoms with Gasteiger partial charge in [-0.15, -0.1) is 0 Å². The average Bonchev–Trinajstić information content (AvgIpc) is 3.48. The maximum absolute atomic E-state index is 13.1. The van der Waals surface area contributed by atoms with Gasteiger partial charge in [-0.05, 0) is 42.0 Å². The number of nitrogens with zero attached hydrogens (tertiary/aromatic N) is 4. The van der Waals surface area contributed by atoms with Crippen LogP contribution in [0.3, 0.4) is 0 Å². The van der Waals surface area contributed by atoms with Gasteiger partial charge in [-0.25, -0.2) is 4.98 Å². The van der Waals surface area contributed by atoms with Crippen LogP contribution in [0.1, 0.15) is 21.6 Å². The number of nitro groups is 2. The molecule has 1 heterocycles. The molecule has 1 aromatic heterocycles. The number of aromatic hydroxyl groups is 3. The van der Waals surface area contributed by atoms with Crippen LogP contribution in [0.15, 0.2) is 79.3 Å². The summed E-state index contributed by atoms with van der Waals surface area (Å²) < 4.78 is 1.21. The van der Waals surface area contributed by atoms with Gasteiger partial charge >= 0.3 is 0 Å². The second kappa shape index (κ2) is 13.5. The number of phenolic OH excluding ortho intramolecular Hbond substituents is 3. The second-order valence-corrected chi connectivity index (χ2v) is 9.27. The van der Waals surface area contributed by atoms with Crippen LogP contribution in [0.2, 0.25) is 0 Å². The van der Waals surface area contributed by atoms with Gasteiger partial charge in [0, 0.05) is 24.8 Å². The summed E-state index contributed by atoms with van der Waals surface area (Å²) in [6.07, 6.45) is 4.55. The fourth-order valence-corrected chi connectivity index (χ4v) is 3.98. The normalized spacial score (nSPS) is 11.5. The number of carbonyl (C=O) groups is 3. The lowest BCUT2D eigenvalue weighted by Gasteiger charge is -2.17. The predicted molar refractivity (Wildman–Crippen MR) is 155 cm³/mol. The van der Waals surface area contributed by atoms with Crippen LogP contribution in [0.25, 0.3) is 11.8 Å². The van der Waals surface area contributed by atoms with E-state index in [0.717, 1.165) is 24.3 Å². The largest absolute Gasteiger partial charge is 0.507 e. The number of para-hydroxylation sites is 1. The molecule has 0 spiro atoms. The number of amides is 3. The smallest absolute Gasteiger partial charge is 0.300 e. The second-order valence-electron chi connectivity index (χ2n) is 9.27. The summed E-state index contributed by atoms with van der Waals surface area (Å²) in [5.41, 5.74) is 3.55. The third-order valence-electron chi connectivity index (χ3n) is 6.20. The Morgan fingerprint density at radius 1 is 0.911 bits per heavy atom. The number of hydrogen-bond acceptors (Lipinski definition) is 11. The van der Waals surface area contributed by atoms with Crippen molar-refractivity contribution in [3.05, 3.63) is 116 Å². The summed E-state index contributed by atoms with van der Waals surface area (Å²) in [6.45, 7) is 0. The molecule has 0 fully saturated rings. The number of rotatable bonds is 10. The summed E-state index contributed by atoms with van der Waals surface area (Å²) in [6, 6.07) is 11.0. The van der Waals surface area contributed by atoms with Crippen molar-refractivity contribution >= 4 is 35.2 Å². The average molecular weight is 618 g/mol. The first-order valence-corrected chi connectivity index (χ1v) is 12.8. The van der Waals surface area contributed by atoms with Crippen molar-refractivity contribution in [2.45, 2.75) is 12.5 Å². The highest BCUT2D eigenvalue weighted by Gasteiger charge is 2.25. The lowest BCUT2D eigenvalue weighted by atomic mass is 10.1. The summed E-state index contributed by atoms with van der Waals surface area (Å²) >= 11 is 0. The zero-order chi connectivity index (χ0) is 32.7. The molecule has 0 unspecified atom stereocenters. The third kappa shape index (κ3) is 7.74. The molecule has 3 aromatic carbocycles. The van der Waals surface area contributed by atoms with E-state index < -0.39 is 50.7 Å². The Balaban J connectivity index is 1.55. The zero-order valence-corrected chi connectivity index (χ0v) is 22.9. The molecule has 0 aliphatic carbocycles. The van der Waals surface area contributed by atoms with Crippen molar-refractivity contribution < 1.29 is 39.5 Å². The molecular weight excluding hydrogens is 594 g/mol. The zero-order valence-electron chi connectivity index (χ0n) is 22.9. The Morgan fingerprint density at radius 3 is 2.36 bits per heavy atom. The molecular formula is C28H23N7O10. The molecule has 0 saturated carbocycles. The number of carbonyl (C=O) groups excluding carboxylic acids is 3. The molecule has 6 N–H and O–H groups in total. The van der Waals surface area contributed by atoms with E-state index in [9.17, 15) is 49.9 Å². The molecule has 0 aliphatic heterocycles. The van der Waals surface area contributed by atoms with E-state index in [1.54, 1.807) is 0 Å². The fourth-order valence-electron chi connectivity index (χ4n) is 3.98. The van der Waals surface area contributed by atoms with E-state index in [4.69, 9.17) is 0 Å². The molecule has 4 rings (SSSR count). The fraction of sp³-hybridized carbons (Fsp3) is 0.0714. The molecule has 0 radical (unpaired) electrons. The van der Waals surface area contributed by atoms with Crippen LogP contribution in [-0.2, 0) is 16.0 Å². The molecule has 3 amide bonds. The minimum absolute atomic E-state index is 0.0515. The Labute approximate surface area is 252 Å². The van der Waals surface area contributed by atoms with Gasteiger partial charge in [0.05, 0.1) is 33.5 Å². The van der Waals surface area contributed by atoms with E-state index in [0.29, 0.717) is 5.56 Å². The summed E-state index contributed by atoms with van der Waals surface area (Å²) in [5.74, 6) is -3.66. The Hall–Kier alpha value is -6.78. The van der Waals surface area contributed by atoms with Gasteiger partial charge in [0.1, 0.15) is 17.5 Å². The van der Waals surface area contributed by atoms with E-state index >= 15 is 0 Å². The molecule has 0 aliphatic rings. The SMILES string of the molecule is O=C(/C=C/c1ccc(O)c(O)c1)N[C@@H](Cc1cn(-c2ccc([N+](=O)[O-])cc2[N+](=O)[O-])cn1)C(=O)NNC(=O)c1ccccc1O. The van der Waals surface area contributed by atoms with Crippen molar-refractivity contribution in [1.29, 1.82) is 0 Å². The molecule has 1 atom stereocenters. The number of benzene rings is 3. The molecule has 45 heavy (non-hydrogen) atoms. The molecule has 17 nitrogen and oxygen atoms in total. The molecule has 230 valence electrons. The van der Waals surface area contributed by atoms with Crippen molar-refractivity contribution in [3.8, 4) is 22.9 Å². The van der Waals surface area contributed by atoms with Gasteiger partial charge in [0.25, 0.3) is 23.2 Å². The van der Waals surface area contributed by atoms with E-state index in [1.165, 1.54) is 65.6 Å². The lowest BCUT2D eigenvalue weighted by molar-refractivity contribution is -0.394. The first-order chi connectivity index (χ1) is 21.4. The third-order valence-corrected chi connectivity index (χ3v) is 6.20. The number of nitrogens with one attached hydrogen (secondary N) is 3. The van der Waals surface area contributed by atoms with Gasteiger partial charge < -0.3 is 20.6 Å². The number of nitro benzene ring substituents is 2. The molecule has 0 bridgehead atoms. The van der Waals surface area contributed by atoms with Crippen LogP contribution >= 0.6 is 0 Å². The maximum atomic E-state index is 13.1. The topological polar surface area (TPSA) is 252 Å². The first kappa shape index (κ1) is 31.2. The van der Waals surface area contributed by atoms with Crippen LogP contribution < -0.4 is 16.2 Å². The van der Waals surface area contributed by atoms with Gasteiger partial charge in [-0.2, -0.15) is 0 Å². The number of non-ortho nitro benzene ring substituents is 1. The van der Waals surface area contributed by atoms with Gasteiger partial charge in [0.15, 0.2) is 11.5 Å². The summed E-state index contributed by atoms with van der Waals surface area (Å²) in [5, 5.41) is 54.1. The van der Waals surface area contributed by atoms with E-state index in [2.05, 4.69) is 21.2 Å². The van der Waals surface area contributed by atoms with Crippen molar-refractivity contribution in [3.63, 3.8) is 0 Å². The maximum Gasteiger partial charge on any atom is 0.300 e. The van der Waals surface area contributed by atoms with E-state index in [-0.39, 0.29) is 34.9 Å². The Bertz CT molecular complexity index is 1840. The monoisotopic (exact) mass is 617 g/mol.